The molecule has 3 rings (SSSR count). The monoisotopic (exact) mass is 391 g/mol. The molecule has 0 atom stereocenters. The summed E-state index contributed by atoms with van der Waals surface area (Å²) in [5.74, 6) is 2.05. The first-order valence-electron chi connectivity index (χ1n) is 7.54. The fourth-order valence-electron chi connectivity index (χ4n) is 2.19. The highest BCUT2D eigenvalue weighted by Crippen LogP contribution is 2.28. The number of hydrogen-bond donors (Lipinski definition) is 2. The third-order valence-corrected chi connectivity index (χ3v) is 4.67. The molecule has 0 radical (unpaired) electrons. The highest BCUT2D eigenvalue weighted by atomic mass is 35.5. The molecule has 25 heavy (non-hydrogen) atoms. The van der Waals surface area contributed by atoms with Gasteiger partial charge in [-0.1, -0.05) is 53.5 Å². The second-order valence-electron chi connectivity index (χ2n) is 5.33. The van der Waals surface area contributed by atoms with Gasteiger partial charge < -0.3 is 15.1 Å². The maximum absolute atomic E-state index is 6.22. The Hall–Kier alpha value is -2.08. The van der Waals surface area contributed by atoms with Crippen molar-refractivity contribution in [1.82, 2.24) is 10.3 Å². The number of furan rings is 1. The third kappa shape index (κ3) is 4.31. The Labute approximate surface area is 161 Å². The molecular weight excluding hydrogens is 377 g/mol. The van der Waals surface area contributed by atoms with Gasteiger partial charge in [0.05, 0.1) is 16.6 Å². The summed E-state index contributed by atoms with van der Waals surface area (Å²) in [4.78, 5) is 4.15. The van der Waals surface area contributed by atoms with Crippen molar-refractivity contribution in [2.24, 2.45) is 0 Å². The number of nitrogens with zero attached hydrogens (tertiary/aromatic N) is 1. The fraction of sp³-hybridized carbons (Fsp3) is 0.111. The number of thiocarbonyl (C=S) groups is 1. The van der Waals surface area contributed by atoms with E-state index in [1.54, 1.807) is 0 Å². The van der Waals surface area contributed by atoms with Crippen LogP contribution in [-0.2, 0) is 6.54 Å². The van der Waals surface area contributed by atoms with E-state index >= 15 is 0 Å². The summed E-state index contributed by atoms with van der Waals surface area (Å²) in [6.07, 6.45) is 1.53. The van der Waals surface area contributed by atoms with Crippen LogP contribution >= 0.6 is 35.4 Å². The van der Waals surface area contributed by atoms with Crippen LogP contribution in [0.1, 0.15) is 11.3 Å². The molecule has 0 aliphatic rings. The smallest absolute Gasteiger partial charge is 0.172 e. The molecular formula is C18H15Cl2N3OS. The topological polar surface area (TPSA) is 50.1 Å². The second-order valence-corrected chi connectivity index (χ2v) is 6.53. The van der Waals surface area contributed by atoms with Crippen LogP contribution in [0.5, 0.6) is 0 Å². The lowest BCUT2D eigenvalue weighted by Crippen LogP contribution is -2.28. The highest BCUT2D eigenvalue weighted by Gasteiger charge is 2.10. The zero-order valence-electron chi connectivity index (χ0n) is 13.3. The van der Waals surface area contributed by atoms with Crippen molar-refractivity contribution in [1.29, 1.82) is 0 Å². The number of halogens is 2. The molecule has 4 nitrogen and oxygen atoms in total. The molecule has 0 amide bonds. The summed E-state index contributed by atoms with van der Waals surface area (Å²) in [5.41, 5.74) is 1.78. The Kier molecular flexibility index (Phi) is 5.58. The quantitative estimate of drug-likeness (QED) is 0.579. The first kappa shape index (κ1) is 17.7. The van der Waals surface area contributed by atoms with Gasteiger partial charge in [0.25, 0.3) is 0 Å². The van der Waals surface area contributed by atoms with E-state index in [2.05, 4.69) is 15.6 Å². The fourth-order valence-corrected chi connectivity index (χ4v) is 2.75. The first-order valence-corrected chi connectivity index (χ1v) is 8.70. The molecule has 3 aromatic rings. The van der Waals surface area contributed by atoms with Crippen LogP contribution in [0, 0.1) is 6.92 Å². The molecule has 0 aliphatic carbocycles. The van der Waals surface area contributed by atoms with Crippen molar-refractivity contribution < 1.29 is 4.42 Å². The molecule has 0 saturated heterocycles. The van der Waals surface area contributed by atoms with Crippen LogP contribution < -0.4 is 10.6 Å². The summed E-state index contributed by atoms with van der Waals surface area (Å²) in [6.45, 7) is 2.27. The molecule has 0 saturated carbocycles. The van der Waals surface area contributed by atoms with Crippen molar-refractivity contribution in [3.8, 4) is 11.3 Å². The molecule has 0 bridgehead atoms. The minimum atomic E-state index is 0.397. The van der Waals surface area contributed by atoms with E-state index in [1.807, 2.05) is 49.4 Å². The zero-order chi connectivity index (χ0) is 17.8. The summed E-state index contributed by atoms with van der Waals surface area (Å²) in [7, 11) is 0. The Morgan fingerprint density at radius 1 is 1.16 bits per heavy atom. The van der Waals surface area contributed by atoms with E-state index in [0.29, 0.717) is 27.5 Å². The summed E-state index contributed by atoms with van der Waals surface area (Å²) in [5, 5.41) is 7.39. The molecule has 2 N–H and O–H groups in total. The van der Waals surface area contributed by atoms with Gasteiger partial charge in [0.15, 0.2) is 10.9 Å². The van der Waals surface area contributed by atoms with Crippen LogP contribution in [-0.4, -0.2) is 10.1 Å². The molecule has 2 heterocycles. The van der Waals surface area contributed by atoms with Crippen molar-refractivity contribution in [2.45, 2.75) is 13.5 Å². The molecule has 128 valence electrons. The molecule has 2 aromatic heterocycles. The zero-order valence-corrected chi connectivity index (χ0v) is 15.7. The molecule has 0 spiro atoms. The summed E-state index contributed by atoms with van der Waals surface area (Å²) in [6, 6.07) is 13.8. The van der Waals surface area contributed by atoms with Gasteiger partial charge in [-0.2, -0.15) is 0 Å². The SMILES string of the molecule is Cc1c(Cl)cnc(NC(=S)NCc2ccc(-c3ccccc3)o2)c1Cl. The predicted octanol–water partition coefficient (Wildman–Crippen LogP) is 5.44. The Morgan fingerprint density at radius 2 is 1.92 bits per heavy atom. The molecule has 0 aliphatic heterocycles. The number of anilines is 1. The Morgan fingerprint density at radius 3 is 2.68 bits per heavy atom. The van der Waals surface area contributed by atoms with Crippen LogP contribution in [0.25, 0.3) is 11.3 Å². The molecule has 1 aromatic carbocycles. The van der Waals surface area contributed by atoms with Gasteiger partial charge in [-0.3, -0.25) is 0 Å². The minimum absolute atomic E-state index is 0.397. The molecule has 7 heteroatoms. The maximum Gasteiger partial charge on any atom is 0.172 e. The average Bonchev–Trinajstić information content (AvgIpc) is 3.10. The number of pyridine rings is 1. The van der Waals surface area contributed by atoms with Gasteiger partial charge in [0, 0.05) is 11.8 Å². The number of benzene rings is 1. The Bertz CT molecular complexity index is 897. The van der Waals surface area contributed by atoms with Crippen LogP contribution in [0.4, 0.5) is 5.82 Å². The largest absolute Gasteiger partial charge is 0.459 e. The van der Waals surface area contributed by atoms with E-state index in [1.165, 1.54) is 6.20 Å². The lowest BCUT2D eigenvalue weighted by atomic mass is 10.2. The summed E-state index contributed by atoms with van der Waals surface area (Å²) >= 11 is 17.5. The standard InChI is InChI=1S/C18H15Cl2N3OS/c1-11-14(19)10-21-17(16(11)20)23-18(25)22-9-13-7-8-15(24-13)12-5-3-2-4-6-12/h2-8,10H,9H2,1H3,(H2,21,22,23,25). The summed E-state index contributed by atoms with van der Waals surface area (Å²) < 4.78 is 5.82. The van der Waals surface area contributed by atoms with Crippen LogP contribution in [0.3, 0.4) is 0 Å². The molecule has 0 unspecified atom stereocenters. The van der Waals surface area contributed by atoms with E-state index in [0.717, 1.165) is 22.6 Å². The van der Waals surface area contributed by atoms with Crippen molar-refractivity contribution in [3.05, 3.63) is 70.0 Å². The van der Waals surface area contributed by atoms with Crippen molar-refractivity contribution >= 4 is 46.4 Å². The van der Waals surface area contributed by atoms with Crippen molar-refractivity contribution in [3.63, 3.8) is 0 Å². The highest BCUT2D eigenvalue weighted by molar-refractivity contribution is 7.80. The normalized spacial score (nSPS) is 10.5. The minimum Gasteiger partial charge on any atom is -0.459 e. The number of hydrogen-bond acceptors (Lipinski definition) is 3. The average molecular weight is 392 g/mol. The van der Waals surface area contributed by atoms with Crippen molar-refractivity contribution in [2.75, 3.05) is 5.32 Å². The van der Waals surface area contributed by atoms with E-state index in [4.69, 9.17) is 39.8 Å². The van der Waals surface area contributed by atoms with E-state index in [-0.39, 0.29) is 0 Å². The number of rotatable bonds is 4. The van der Waals surface area contributed by atoms with Gasteiger partial charge in [-0.25, -0.2) is 4.98 Å². The van der Waals surface area contributed by atoms with Gasteiger partial charge in [0.1, 0.15) is 11.5 Å². The Balaban J connectivity index is 1.60. The maximum atomic E-state index is 6.22. The lowest BCUT2D eigenvalue weighted by Gasteiger charge is -2.11. The van der Waals surface area contributed by atoms with Gasteiger partial charge in [-0.15, -0.1) is 0 Å². The van der Waals surface area contributed by atoms with Gasteiger partial charge >= 0.3 is 0 Å². The molecule has 0 fully saturated rings. The van der Waals surface area contributed by atoms with E-state index in [9.17, 15) is 0 Å². The van der Waals surface area contributed by atoms with E-state index < -0.39 is 0 Å². The lowest BCUT2D eigenvalue weighted by molar-refractivity contribution is 0.516. The predicted molar refractivity (Wildman–Crippen MR) is 106 cm³/mol. The van der Waals surface area contributed by atoms with Crippen LogP contribution in [0.2, 0.25) is 10.0 Å². The second kappa shape index (κ2) is 7.87. The first-order chi connectivity index (χ1) is 12.0. The van der Waals surface area contributed by atoms with Crippen LogP contribution in [0.15, 0.2) is 53.1 Å². The number of nitrogens with one attached hydrogen (secondary N) is 2. The third-order valence-electron chi connectivity index (χ3n) is 3.58. The van der Waals surface area contributed by atoms with Gasteiger partial charge in [-0.05, 0) is 36.8 Å². The number of aromatic nitrogens is 1. The van der Waals surface area contributed by atoms with Gasteiger partial charge in [0.2, 0.25) is 0 Å².